The second-order valence-corrected chi connectivity index (χ2v) is 17.9. The molecule has 1 aliphatic heterocycles. The Balaban J connectivity index is 0.878. The normalized spacial score (nSPS) is 14.4. The number of nitrogens with one attached hydrogen (secondary N) is 1. The van der Waals surface area contributed by atoms with Gasteiger partial charge in [-0.15, -0.1) is 0 Å². The van der Waals surface area contributed by atoms with E-state index in [1.54, 1.807) is 36.7 Å². The van der Waals surface area contributed by atoms with Crippen molar-refractivity contribution in [1.29, 1.82) is 0 Å². The van der Waals surface area contributed by atoms with E-state index in [9.17, 15) is 9.59 Å². The van der Waals surface area contributed by atoms with Gasteiger partial charge in [-0.3, -0.25) is 4.79 Å². The summed E-state index contributed by atoms with van der Waals surface area (Å²) in [7, 11) is 0. The van der Waals surface area contributed by atoms with Gasteiger partial charge >= 0.3 is 11.9 Å². The highest BCUT2D eigenvalue weighted by atomic mass is 35.5. The predicted octanol–water partition coefficient (Wildman–Crippen LogP) is 11.1. The number of aromatic nitrogens is 6. The lowest BCUT2D eigenvalue weighted by Crippen LogP contribution is -2.39. The van der Waals surface area contributed by atoms with E-state index < -0.39 is 23.9 Å². The summed E-state index contributed by atoms with van der Waals surface area (Å²) in [6.07, 6.45) is 3.76. The summed E-state index contributed by atoms with van der Waals surface area (Å²) in [6, 6.07) is 24.9. The summed E-state index contributed by atoms with van der Waals surface area (Å²) in [5.74, 6) is 1.46. The molecular weight excluding hydrogens is 896 g/mol. The summed E-state index contributed by atoms with van der Waals surface area (Å²) in [6.45, 7) is 12.3. The topological polar surface area (TPSA) is 181 Å². The molecule has 1 saturated heterocycles. The molecule has 0 spiro atoms. The number of pyridine rings is 2. The molecule has 1 aliphatic rings. The summed E-state index contributed by atoms with van der Waals surface area (Å²) < 4.78 is 28.5. The monoisotopic (exact) mass is 940 g/mol. The Bertz CT molecular complexity index is 3140. The molecule has 1 N–H and O–H groups in total. The molecule has 4 aromatic carbocycles. The van der Waals surface area contributed by atoms with Crippen LogP contribution in [0.1, 0.15) is 48.0 Å². The molecule has 15 nitrogen and oxygen atoms in total. The van der Waals surface area contributed by atoms with Gasteiger partial charge in [-0.25, -0.2) is 14.8 Å². The van der Waals surface area contributed by atoms with Crippen LogP contribution in [0.15, 0.2) is 106 Å². The van der Waals surface area contributed by atoms with Gasteiger partial charge in [-0.2, -0.15) is 9.97 Å². The van der Waals surface area contributed by atoms with Gasteiger partial charge in [-0.05, 0) is 99.3 Å². The maximum atomic E-state index is 13.8. The Morgan fingerprint density at radius 3 is 1.81 bits per heavy atom. The van der Waals surface area contributed by atoms with Gasteiger partial charge in [0.2, 0.25) is 11.6 Å². The van der Waals surface area contributed by atoms with E-state index in [2.05, 4.69) is 25.6 Å². The number of benzene rings is 4. The van der Waals surface area contributed by atoms with Crippen LogP contribution in [0, 0.1) is 11.8 Å². The van der Waals surface area contributed by atoms with E-state index in [1.165, 1.54) is 0 Å². The fourth-order valence-electron chi connectivity index (χ4n) is 8.06. The van der Waals surface area contributed by atoms with Crippen LogP contribution in [0.25, 0.3) is 67.2 Å². The second-order valence-electron chi connectivity index (χ2n) is 17.1. The smallest absolute Gasteiger partial charge is 0.336 e. The maximum Gasteiger partial charge on any atom is 0.336 e. The van der Waals surface area contributed by atoms with E-state index in [0.29, 0.717) is 92.3 Å². The van der Waals surface area contributed by atoms with Gasteiger partial charge in [0, 0.05) is 58.5 Å². The largest absolute Gasteiger partial charge is 0.489 e. The molecule has 0 radical (unpaired) electrons. The Hall–Kier alpha value is -7.10. The van der Waals surface area contributed by atoms with E-state index in [-0.39, 0.29) is 24.0 Å². The second kappa shape index (κ2) is 19.0. The Labute approximate surface area is 395 Å². The molecule has 1 fully saturated rings. The van der Waals surface area contributed by atoms with Crippen molar-refractivity contribution in [3.05, 3.63) is 107 Å². The molecule has 4 aromatic heterocycles. The molecular formula is C50H46Cl2N8O7. The number of nitrogens with zero attached hydrogens (tertiary/aromatic N) is 7. The van der Waals surface area contributed by atoms with Crippen molar-refractivity contribution in [1.82, 2.24) is 30.2 Å². The van der Waals surface area contributed by atoms with E-state index in [1.807, 2.05) is 107 Å². The van der Waals surface area contributed by atoms with Gasteiger partial charge in [0.1, 0.15) is 29.2 Å². The molecule has 0 amide bonds. The minimum atomic E-state index is -0.897. The Morgan fingerprint density at radius 2 is 1.25 bits per heavy atom. The minimum absolute atomic E-state index is 0.0275. The minimum Gasteiger partial charge on any atom is -0.489 e. The third-order valence-electron chi connectivity index (χ3n) is 11.2. The molecule has 8 aromatic rings. The molecule has 9 rings (SSSR count). The number of hydrogen-bond acceptors (Lipinski definition) is 15. The van der Waals surface area contributed by atoms with Crippen LogP contribution in [-0.4, -0.2) is 73.5 Å². The number of rotatable bonds is 14. The van der Waals surface area contributed by atoms with Crippen molar-refractivity contribution < 1.29 is 32.8 Å². The third-order valence-corrected chi connectivity index (χ3v) is 11.8. The summed E-state index contributed by atoms with van der Waals surface area (Å²) in [5.41, 5.74) is 2.73. The lowest BCUT2D eigenvalue weighted by atomic mass is 10.0. The van der Waals surface area contributed by atoms with Crippen molar-refractivity contribution in [3.63, 3.8) is 0 Å². The van der Waals surface area contributed by atoms with Crippen LogP contribution in [0.5, 0.6) is 11.5 Å². The molecule has 0 aliphatic carbocycles. The van der Waals surface area contributed by atoms with Crippen LogP contribution in [0.2, 0.25) is 10.0 Å². The third kappa shape index (κ3) is 9.47. The molecule has 67 heavy (non-hydrogen) atoms. The number of carbonyl (C=O) groups excluding carboxylic acids is 2. The summed E-state index contributed by atoms with van der Waals surface area (Å²) in [5, 5.41) is 15.9. The molecule has 17 heteroatoms. The quantitative estimate of drug-likeness (QED) is 0.0802. The first-order valence-corrected chi connectivity index (χ1v) is 22.7. The van der Waals surface area contributed by atoms with E-state index in [0.717, 1.165) is 21.7 Å². The maximum absolute atomic E-state index is 13.8. The highest BCUT2D eigenvalue weighted by molar-refractivity contribution is 6.32. The van der Waals surface area contributed by atoms with Crippen molar-refractivity contribution in [2.45, 2.75) is 66.2 Å². The Morgan fingerprint density at radius 1 is 0.701 bits per heavy atom. The predicted molar refractivity (Wildman–Crippen MR) is 256 cm³/mol. The van der Waals surface area contributed by atoms with Gasteiger partial charge < -0.3 is 33.5 Å². The fraction of sp³-hybridized carbons (Fsp3) is 0.280. The molecule has 5 heterocycles. The van der Waals surface area contributed by atoms with E-state index >= 15 is 0 Å². The van der Waals surface area contributed by atoms with Crippen LogP contribution in [0.4, 0.5) is 11.6 Å². The standard InChI is InChI=1S/C50H46Cl2N8O7/c1-26(2)42(55-43-34-9-7-10-35(32(34)17-20-53-43)44-56-47(66-58-44)29-13-15-40(38(51)23-29)63-27(3)4)50(62)65-49(61)31-19-22-60(25-31)46-37-12-8-11-36(33(37)18-21-54-46)45-57-48(67-59-45)30-14-16-41(39(52)24-30)64-28(5)6/h7-18,20-21,23-24,26-28,31,42H,19,22,25H2,1-6H3,(H,53,55)/t31?,42-/m0/s1. The fourth-order valence-corrected chi connectivity index (χ4v) is 8.51. The molecule has 0 saturated carbocycles. The van der Waals surface area contributed by atoms with Gasteiger partial charge in [0.05, 0.1) is 28.2 Å². The zero-order chi connectivity index (χ0) is 46.9. The zero-order valence-electron chi connectivity index (χ0n) is 37.5. The first-order valence-electron chi connectivity index (χ1n) is 21.9. The van der Waals surface area contributed by atoms with Crippen molar-refractivity contribution >= 4 is 68.3 Å². The lowest BCUT2D eigenvalue weighted by Gasteiger charge is -2.23. The SMILES string of the molecule is CC(C)Oc1ccc(-c2nc(-c3cccc4c(N[C@H](C(=O)OC(=O)C5CCN(c6nccc7c(-c8noc(-c9ccc(OC(C)C)c(Cl)c9)n8)cccc67)C5)C(C)C)nccc34)no2)cc1Cl. The number of esters is 2. The zero-order valence-corrected chi connectivity index (χ0v) is 39.0. The van der Waals surface area contributed by atoms with Crippen LogP contribution >= 0.6 is 23.2 Å². The van der Waals surface area contributed by atoms with Gasteiger partial charge in [0.25, 0.3) is 11.8 Å². The highest BCUT2D eigenvalue weighted by Gasteiger charge is 2.35. The summed E-state index contributed by atoms with van der Waals surface area (Å²) >= 11 is 13.0. The number of halogens is 2. The van der Waals surface area contributed by atoms with Crippen molar-refractivity contribution in [2.24, 2.45) is 11.8 Å². The number of ether oxygens (including phenoxy) is 3. The van der Waals surface area contributed by atoms with Crippen LogP contribution in [-0.2, 0) is 14.3 Å². The molecule has 2 atom stereocenters. The van der Waals surface area contributed by atoms with Crippen molar-refractivity contribution in [2.75, 3.05) is 23.3 Å². The lowest BCUT2D eigenvalue weighted by molar-refractivity contribution is -0.163. The number of hydrogen-bond donors (Lipinski definition) is 1. The van der Waals surface area contributed by atoms with Gasteiger partial charge in [0.15, 0.2) is 0 Å². The van der Waals surface area contributed by atoms with Crippen LogP contribution < -0.4 is 19.7 Å². The van der Waals surface area contributed by atoms with Gasteiger partial charge in [-0.1, -0.05) is 83.8 Å². The first-order chi connectivity index (χ1) is 32.3. The van der Waals surface area contributed by atoms with Crippen molar-refractivity contribution in [3.8, 4) is 57.2 Å². The van der Waals surface area contributed by atoms with Crippen LogP contribution in [0.3, 0.4) is 0 Å². The average molecular weight is 942 g/mol. The summed E-state index contributed by atoms with van der Waals surface area (Å²) in [4.78, 5) is 48.3. The average Bonchev–Trinajstić information content (AvgIpc) is 4.11. The molecule has 1 unspecified atom stereocenters. The number of anilines is 2. The molecule has 0 bridgehead atoms. The number of carbonyl (C=O) groups is 2. The highest BCUT2D eigenvalue weighted by Crippen LogP contribution is 2.38. The molecule has 342 valence electrons. The van der Waals surface area contributed by atoms with E-state index in [4.69, 9.17) is 56.4 Å². The Kier molecular flexibility index (Phi) is 12.8. The number of fused-ring (bicyclic) bond motifs is 2. The first kappa shape index (κ1) is 45.1.